The number of amides is 1. The largest absolute Gasteiger partial charge is 0.491 e. The average Bonchev–Trinajstić information content (AvgIpc) is 3.23. The van der Waals surface area contributed by atoms with E-state index in [4.69, 9.17) is 0 Å². The zero-order chi connectivity index (χ0) is 30.2. The van der Waals surface area contributed by atoms with Crippen LogP contribution in [0.4, 0.5) is 27.9 Å². The van der Waals surface area contributed by atoms with Crippen LogP contribution in [0.5, 0.6) is 0 Å². The maximum Gasteiger partial charge on any atom is 0.491 e. The number of aromatic nitrogens is 2. The number of carbonyl (C=O) groups excluding carboxylic acids is 2. The molecule has 0 spiro atoms. The summed E-state index contributed by atoms with van der Waals surface area (Å²) in [7, 11) is -4.10. The van der Waals surface area contributed by atoms with Crippen LogP contribution in [0.2, 0.25) is 0 Å². The van der Waals surface area contributed by atoms with Crippen LogP contribution in [0.1, 0.15) is 37.3 Å². The molecule has 1 atom stereocenters. The van der Waals surface area contributed by atoms with Gasteiger partial charge in [-0.05, 0) is 37.0 Å². The van der Waals surface area contributed by atoms with Gasteiger partial charge in [-0.15, -0.1) is 0 Å². The number of ether oxygens (including phenoxy) is 1. The number of carbonyl (C=O) groups is 2. The molecule has 2 aromatic rings. The maximum atomic E-state index is 14.6. The van der Waals surface area contributed by atoms with Crippen molar-refractivity contribution in [3.8, 4) is 0 Å². The van der Waals surface area contributed by atoms with E-state index in [0.717, 1.165) is 12.0 Å². The van der Waals surface area contributed by atoms with E-state index >= 15 is 0 Å². The number of halogens is 5. The minimum Gasteiger partial charge on any atom is -0.427 e. The van der Waals surface area contributed by atoms with Gasteiger partial charge in [0, 0.05) is 62.9 Å². The summed E-state index contributed by atoms with van der Waals surface area (Å²) >= 11 is 0. The molecule has 41 heavy (non-hydrogen) atoms. The second-order valence-electron chi connectivity index (χ2n) is 9.93. The van der Waals surface area contributed by atoms with Gasteiger partial charge in [0.15, 0.2) is 9.84 Å². The van der Waals surface area contributed by atoms with E-state index in [1.54, 1.807) is 12.4 Å². The summed E-state index contributed by atoms with van der Waals surface area (Å²) in [6.45, 7) is 2.09. The van der Waals surface area contributed by atoms with Crippen LogP contribution >= 0.6 is 0 Å². The van der Waals surface area contributed by atoms with Crippen molar-refractivity contribution >= 4 is 27.7 Å². The Labute approximate surface area is 232 Å². The van der Waals surface area contributed by atoms with Gasteiger partial charge >= 0.3 is 12.1 Å². The number of nitrogens with one attached hydrogen (secondary N) is 1. The predicted molar refractivity (Wildman–Crippen MR) is 134 cm³/mol. The average molecular weight is 606 g/mol. The highest BCUT2D eigenvalue weighted by Crippen LogP contribution is 2.33. The zero-order valence-electron chi connectivity index (χ0n) is 22.2. The smallest absolute Gasteiger partial charge is 0.427 e. The number of sulfone groups is 1. The molecule has 0 bridgehead atoms. The van der Waals surface area contributed by atoms with Crippen LogP contribution in [0.15, 0.2) is 29.4 Å². The Morgan fingerprint density at radius 2 is 1.76 bits per heavy atom. The molecular formula is C25H28F5N5O5S. The Bertz CT molecular complexity index is 1420. The number of alkyl halides is 3. The van der Waals surface area contributed by atoms with Crippen molar-refractivity contribution in [2.24, 2.45) is 0 Å². The highest BCUT2D eigenvalue weighted by molar-refractivity contribution is 7.90. The van der Waals surface area contributed by atoms with Gasteiger partial charge in [-0.3, -0.25) is 10.1 Å². The molecule has 2 aliphatic heterocycles. The molecule has 1 N–H and O–H groups in total. The first-order valence-corrected chi connectivity index (χ1v) is 14.6. The molecule has 0 unspecified atom stereocenters. The van der Waals surface area contributed by atoms with Crippen molar-refractivity contribution < 1.29 is 44.7 Å². The van der Waals surface area contributed by atoms with Crippen LogP contribution in [-0.4, -0.2) is 79.0 Å². The molecule has 2 aliphatic rings. The van der Waals surface area contributed by atoms with E-state index in [-0.39, 0.29) is 13.0 Å². The third kappa shape index (κ3) is 6.58. The number of hydrogen-bond donors (Lipinski definition) is 1. The molecule has 2 fully saturated rings. The van der Waals surface area contributed by atoms with Crippen molar-refractivity contribution in [2.75, 3.05) is 30.8 Å². The SMILES string of the molecule is CCc1cnc(N2CCC(N3CC[C@](NCc4cc(F)c(S(C)(=O)=O)cc4F)(OC(=O)C(F)(F)F)C3=O)CC2)nc1. The summed E-state index contributed by atoms with van der Waals surface area (Å²) in [5, 5.41) is 2.38. The molecule has 1 amide bonds. The highest BCUT2D eigenvalue weighted by atomic mass is 32.2. The molecule has 0 aliphatic carbocycles. The topological polar surface area (TPSA) is 122 Å². The van der Waals surface area contributed by atoms with Gasteiger partial charge in [0.1, 0.15) is 16.5 Å². The summed E-state index contributed by atoms with van der Waals surface area (Å²) < 4.78 is 96.4. The van der Waals surface area contributed by atoms with Crippen molar-refractivity contribution in [1.82, 2.24) is 20.2 Å². The number of nitrogens with zero attached hydrogens (tertiary/aromatic N) is 4. The van der Waals surface area contributed by atoms with Crippen LogP contribution < -0.4 is 10.2 Å². The molecule has 4 rings (SSSR count). The second-order valence-corrected chi connectivity index (χ2v) is 11.9. The minimum absolute atomic E-state index is 0.0623. The van der Waals surface area contributed by atoms with Crippen molar-refractivity contribution in [1.29, 1.82) is 0 Å². The lowest BCUT2D eigenvalue weighted by Gasteiger charge is -2.37. The fourth-order valence-corrected chi connectivity index (χ4v) is 5.61. The van der Waals surface area contributed by atoms with Gasteiger partial charge in [-0.25, -0.2) is 32.0 Å². The molecule has 224 valence electrons. The molecule has 0 radical (unpaired) electrons. The quantitative estimate of drug-likeness (QED) is 0.275. The number of rotatable bonds is 8. The first-order chi connectivity index (χ1) is 19.1. The maximum absolute atomic E-state index is 14.6. The Balaban J connectivity index is 1.51. The molecule has 16 heteroatoms. The number of likely N-dealkylation sites (tertiary alicyclic amines) is 1. The second kappa shape index (κ2) is 11.5. The fraction of sp³-hybridized carbons (Fsp3) is 0.520. The van der Waals surface area contributed by atoms with Crippen molar-refractivity contribution in [3.05, 3.63) is 47.3 Å². The Kier molecular flexibility index (Phi) is 8.55. The van der Waals surface area contributed by atoms with E-state index in [9.17, 15) is 40.0 Å². The lowest BCUT2D eigenvalue weighted by Crippen LogP contribution is -2.57. The molecule has 1 aromatic heterocycles. The van der Waals surface area contributed by atoms with E-state index in [2.05, 4.69) is 20.0 Å². The summed E-state index contributed by atoms with van der Waals surface area (Å²) in [6.07, 6.45) is -0.0486. The molecule has 3 heterocycles. The van der Waals surface area contributed by atoms with E-state index < -0.39 is 68.3 Å². The highest BCUT2D eigenvalue weighted by Gasteiger charge is 2.55. The summed E-state index contributed by atoms with van der Waals surface area (Å²) in [5.41, 5.74) is -2.01. The van der Waals surface area contributed by atoms with Gasteiger partial charge in [-0.1, -0.05) is 6.92 Å². The Morgan fingerprint density at radius 1 is 1.12 bits per heavy atom. The van der Waals surface area contributed by atoms with Gasteiger partial charge in [0.2, 0.25) is 11.7 Å². The predicted octanol–water partition coefficient (Wildman–Crippen LogP) is 2.51. The monoisotopic (exact) mass is 605 g/mol. The Morgan fingerprint density at radius 3 is 2.32 bits per heavy atom. The number of esters is 1. The van der Waals surface area contributed by atoms with Gasteiger partial charge in [-0.2, -0.15) is 13.2 Å². The number of hydrogen-bond acceptors (Lipinski definition) is 9. The zero-order valence-corrected chi connectivity index (χ0v) is 23.0. The third-order valence-corrected chi connectivity index (χ3v) is 8.27. The normalized spacial score (nSPS) is 20.5. The number of piperidine rings is 1. The van der Waals surface area contributed by atoms with Crippen LogP contribution in [0, 0.1) is 11.6 Å². The minimum atomic E-state index is -5.42. The van der Waals surface area contributed by atoms with E-state index in [1.807, 2.05) is 11.8 Å². The van der Waals surface area contributed by atoms with Crippen LogP contribution in [0.25, 0.3) is 0 Å². The van der Waals surface area contributed by atoms with E-state index in [0.29, 0.717) is 50.3 Å². The Hall–Kier alpha value is -3.40. The summed E-state index contributed by atoms with van der Waals surface area (Å²) in [4.78, 5) is 36.3. The first kappa shape index (κ1) is 30.6. The lowest BCUT2D eigenvalue weighted by atomic mass is 10.0. The van der Waals surface area contributed by atoms with Crippen LogP contribution in [-0.2, 0) is 37.1 Å². The fourth-order valence-electron chi connectivity index (χ4n) is 4.88. The molecule has 0 saturated carbocycles. The first-order valence-electron chi connectivity index (χ1n) is 12.7. The van der Waals surface area contributed by atoms with Crippen molar-refractivity contribution in [2.45, 2.75) is 62.0 Å². The summed E-state index contributed by atoms with van der Waals surface area (Å²) in [5.74, 6) is -5.53. The summed E-state index contributed by atoms with van der Waals surface area (Å²) in [6, 6.07) is 0.594. The lowest BCUT2D eigenvalue weighted by molar-refractivity contribution is -0.216. The van der Waals surface area contributed by atoms with Gasteiger partial charge < -0.3 is 14.5 Å². The van der Waals surface area contributed by atoms with E-state index in [1.165, 1.54) is 4.90 Å². The molecule has 1 aromatic carbocycles. The van der Waals surface area contributed by atoms with Crippen LogP contribution in [0.3, 0.4) is 0 Å². The number of aryl methyl sites for hydroxylation is 1. The van der Waals surface area contributed by atoms with Crippen molar-refractivity contribution in [3.63, 3.8) is 0 Å². The molecular weight excluding hydrogens is 577 g/mol. The standard InChI is InChI=1S/C25H28F5N5O5S/c1-3-15-12-31-23(32-13-15)34-7-4-17(5-8-34)35-9-6-24(21(35)36,40-22(37)25(28,29)30)33-14-16-10-19(27)20(11-18(16)26)41(2,38)39/h10-13,17,33H,3-9,14H2,1-2H3/t24-/m0/s1. The molecule has 2 saturated heterocycles. The van der Waals surface area contributed by atoms with Gasteiger partial charge in [0.25, 0.3) is 5.91 Å². The number of anilines is 1. The van der Waals surface area contributed by atoms with Gasteiger partial charge in [0.05, 0.1) is 0 Å². The third-order valence-electron chi connectivity index (χ3n) is 7.16. The molecule has 10 nitrogen and oxygen atoms in total. The number of benzene rings is 1.